The average molecular weight is 567 g/mol. The van der Waals surface area contributed by atoms with Gasteiger partial charge in [0.15, 0.2) is 0 Å². The van der Waals surface area contributed by atoms with Gasteiger partial charge in [0.1, 0.15) is 11.3 Å². The van der Waals surface area contributed by atoms with Gasteiger partial charge >= 0.3 is 0 Å². The van der Waals surface area contributed by atoms with Crippen LogP contribution in [0.3, 0.4) is 0 Å². The van der Waals surface area contributed by atoms with Crippen LogP contribution in [0.2, 0.25) is 0 Å². The van der Waals surface area contributed by atoms with Gasteiger partial charge in [0.25, 0.3) is 0 Å². The average Bonchev–Trinajstić information content (AvgIpc) is 2.87. The highest BCUT2D eigenvalue weighted by atomic mass is 32.2. The molecule has 1 saturated heterocycles. The molecule has 3 N–H and O–H groups in total. The van der Waals surface area contributed by atoms with Gasteiger partial charge in [0, 0.05) is 52.5 Å². The molecule has 0 aliphatic carbocycles. The monoisotopic (exact) mass is 566 g/mol. The maximum Gasteiger partial charge on any atom is 0.246 e. The van der Waals surface area contributed by atoms with Crippen molar-refractivity contribution in [2.24, 2.45) is 5.92 Å². The summed E-state index contributed by atoms with van der Waals surface area (Å²) in [6.07, 6.45) is 1.66. The summed E-state index contributed by atoms with van der Waals surface area (Å²) in [7, 11) is -3.16. The van der Waals surface area contributed by atoms with E-state index in [0.29, 0.717) is 47.7 Å². The molecule has 0 amide bonds. The van der Waals surface area contributed by atoms with E-state index in [9.17, 15) is 21.8 Å². The van der Waals surface area contributed by atoms with Gasteiger partial charge in [-0.25, -0.2) is 32.3 Å². The largest absolute Gasteiger partial charge is 0.350 e. The fourth-order valence-corrected chi connectivity index (χ4v) is 5.86. The number of nitrogens with zero attached hydrogens (tertiary/aromatic N) is 3. The number of benzene rings is 1. The predicted octanol–water partition coefficient (Wildman–Crippen LogP) is 5.40. The van der Waals surface area contributed by atoms with Gasteiger partial charge in [-0.05, 0) is 48.9 Å². The lowest BCUT2D eigenvalue weighted by atomic mass is 9.97. The molecular formula is C27H34F4N6OS. The Hall–Kier alpha value is -2.99. The molecule has 1 unspecified atom stereocenters. The summed E-state index contributed by atoms with van der Waals surface area (Å²) in [6.45, 7) is 5.74. The number of hydrogen-bond acceptors (Lipinski definition) is 6. The summed E-state index contributed by atoms with van der Waals surface area (Å²) in [5.74, 6) is -0.163. The number of hydrogen-bond donors (Lipinski definition) is 3. The van der Waals surface area contributed by atoms with Gasteiger partial charge in [0.05, 0.1) is 29.8 Å². The molecule has 39 heavy (non-hydrogen) atoms. The third-order valence-electron chi connectivity index (χ3n) is 6.62. The maximum atomic E-state index is 15.0. The molecule has 12 heteroatoms. The van der Waals surface area contributed by atoms with Gasteiger partial charge in [-0.15, -0.1) is 0 Å². The Morgan fingerprint density at radius 1 is 1.23 bits per heavy atom. The van der Waals surface area contributed by atoms with Crippen LogP contribution in [0.15, 0.2) is 30.5 Å². The zero-order chi connectivity index (χ0) is 28.4. The molecule has 3 heterocycles. The molecule has 0 radical (unpaired) electrons. The first-order chi connectivity index (χ1) is 18.3. The number of fused-ring (bicyclic) bond motifs is 1. The summed E-state index contributed by atoms with van der Waals surface area (Å²) in [6, 6.07) is 6.11. The highest BCUT2D eigenvalue weighted by Crippen LogP contribution is 2.31. The Morgan fingerprint density at radius 3 is 2.67 bits per heavy atom. The van der Waals surface area contributed by atoms with E-state index in [-0.39, 0.29) is 30.2 Å². The normalized spacial score (nSPS) is 19.7. The van der Waals surface area contributed by atoms with Crippen molar-refractivity contribution in [2.75, 3.05) is 35.6 Å². The van der Waals surface area contributed by atoms with Crippen molar-refractivity contribution in [2.45, 2.75) is 51.5 Å². The van der Waals surface area contributed by atoms with Crippen LogP contribution in [-0.2, 0) is 9.71 Å². The Labute approximate surface area is 226 Å². The van der Waals surface area contributed by atoms with Crippen molar-refractivity contribution in [3.05, 3.63) is 41.8 Å². The minimum atomic E-state index is -3.16. The Balaban J connectivity index is 1.59. The van der Waals surface area contributed by atoms with Crippen LogP contribution >= 0.6 is 0 Å². The van der Waals surface area contributed by atoms with Crippen LogP contribution < -0.4 is 15.4 Å². The number of nitrogens with one attached hydrogen (secondary N) is 3. The Kier molecular flexibility index (Phi) is 8.65. The van der Waals surface area contributed by atoms with E-state index in [1.165, 1.54) is 12.1 Å². The number of piperidine rings is 1. The molecule has 3 atom stereocenters. The summed E-state index contributed by atoms with van der Waals surface area (Å²) in [4.78, 5) is 13.8. The molecule has 4 rings (SSSR count). The van der Waals surface area contributed by atoms with Crippen molar-refractivity contribution in [3.8, 4) is 11.3 Å². The topological polar surface area (TPSA) is 91.8 Å². The van der Waals surface area contributed by atoms with Crippen molar-refractivity contribution >= 4 is 38.2 Å². The van der Waals surface area contributed by atoms with E-state index < -0.39 is 33.6 Å². The third kappa shape index (κ3) is 7.57. The zero-order valence-corrected chi connectivity index (χ0v) is 23.1. The molecule has 1 aromatic carbocycles. The Morgan fingerprint density at radius 2 is 2.00 bits per heavy atom. The van der Waals surface area contributed by atoms with Crippen LogP contribution in [0, 0.1) is 11.7 Å². The number of halogens is 4. The number of alkyl halides is 3. The van der Waals surface area contributed by atoms with Gasteiger partial charge < -0.3 is 15.4 Å². The highest BCUT2D eigenvalue weighted by Gasteiger charge is 2.24. The molecule has 0 saturated carbocycles. The van der Waals surface area contributed by atoms with E-state index in [1.54, 1.807) is 12.3 Å². The van der Waals surface area contributed by atoms with Crippen LogP contribution in [0.25, 0.3) is 22.3 Å². The molecule has 1 aliphatic rings. The van der Waals surface area contributed by atoms with E-state index in [2.05, 4.69) is 31.2 Å². The minimum absolute atomic E-state index is 0.00765. The summed E-state index contributed by atoms with van der Waals surface area (Å²) in [5.41, 5.74) is 2.99. The Bertz CT molecular complexity index is 1430. The van der Waals surface area contributed by atoms with Gasteiger partial charge in [0.2, 0.25) is 11.9 Å². The second kappa shape index (κ2) is 11.6. The lowest BCUT2D eigenvalue weighted by Gasteiger charge is -2.29. The first-order valence-electron chi connectivity index (χ1n) is 12.8. The van der Waals surface area contributed by atoms with E-state index in [0.717, 1.165) is 12.5 Å². The highest BCUT2D eigenvalue weighted by molar-refractivity contribution is 8.01. The molecule has 0 spiro atoms. The summed E-state index contributed by atoms with van der Waals surface area (Å²) >= 11 is 0. The number of pyridine rings is 1. The van der Waals surface area contributed by atoms with Crippen molar-refractivity contribution in [1.29, 1.82) is 0 Å². The van der Waals surface area contributed by atoms with Crippen LogP contribution in [0.1, 0.15) is 45.1 Å². The molecule has 3 aromatic rings. The molecule has 1 aliphatic heterocycles. The van der Waals surface area contributed by atoms with Gasteiger partial charge in [-0.3, -0.25) is 4.39 Å². The van der Waals surface area contributed by atoms with Crippen molar-refractivity contribution in [1.82, 2.24) is 20.3 Å². The second-order valence-corrected chi connectivity index (χ2v) is 12.8. The van der Waals surface area contributed by atoms with Gasteiger partial charge in [-0.2, -0.15) is 0 Å². The fraction of sp³-hybridized carbons (Fsp3) is 0.481. The van der Waals surface area contributed by atoms with E-state index in [1.807, 2.05) is 19.9 Å². The van der Waals surface area contributed by atoms with Crippen LogP contribution in [0.4, 0.5) is 29.2 Å². The number of aromatic nitrogens is 3. The summed E-state index contributed by atoms with van der Waals surface area (Å²) in [5, 5.41) is 6.52. The lowest BCUT2D eigenvalue weighted by molar-refractivity contribution is 0.0191. The van der Waals surface area contributed by atoms with Crippen molar-refractivity contribution in [3.63, 3.8) is 0 Å². The van der Waals surface area contributed by atoms with Crippen LogP contribution in [-0.4, -0.2) is 62.5 Å². The third-order valence-corrected chi connectivity index (χ3v) is 8.08. The predicted molar refractivity (Wildman–Crippen MR) is 150 cm³/mol. The summed E-state index contributed by atoms with van der Waals surface area (Å²) < 4.78 is 69.5. The standard InChI is InChI=1S/C27H34F4N6OS/c1-16(2)20-11-23(18-5-6-22(21(29)10-18)37-39(4,38)8-7-27(3,30)31)35-24-15-33-26(36-25(20)24)34-19-9-17(12-28)13-32-14-19/h5-6,10-11,15-17,19,32H,4,7-9,12-14H2,1-3H3,(H,37,38)(H,33,34,36)/t17-,19-,39?/m0/s1. The van der Waals surface area contributed by atoms with E-state index >= 15 is 0 Å². The maximum absolute atomic E-state index is 15.0. The lowest BCUT2D eigenvalue weighted by Crippen LogP contribution is -2.44. The van der Waals surface area contributed by atoms with Crippen molar-refractivity contribution < 1.29 is 21.8 Å². The molecule has 1 fully saturated rings. The number of anilines is 2. The second-order valence-electron chi connectivity index (χ2n) is 10.6. The fourth-order valence-electron chi connectivity index (χ4n) is 4.50. The first-order valence-corrected chi connectivity index (χ1v) is 14.7. The zero-order valence-electron chi connectivity index (χ0n) is 22.2. The molecule has 7 nitrogen and oxygen atoms in total. The quantitative estimate of drug-likeness (QED) is 0.225. The molecular weight excluding hydrogens is 532 g/mol. The number of rotatable bonds is 10. The SMILES string of the molecule is C=S(=O)(CCC(C)(F)F)Nc1ccc(-c2cc(C(C)C)c3nc(N[C@@H]4CNC[C@H](CF)C4)ncc3n2)cc1F. The smallest absolute Gasteiger partial charge is 0.246 e. The minimum Gasteiger partial charge on any atom is -0.350 e. The van der Waals surface area contributed by atoms with E-state index in [4.69, 9.17) is 4.98 Å². The molecule has 2 aromatic heterocycles. The van der Waals surface area contributed by atoms with Crippen LogP contribution in [0.5, 0.6) is 0 Å². The molecule has 0 bridgehead atoms. The first kappa shape index (κ1) is 29.0. The van der Waals surface area contributed by atoms with Gasteiger partial charge in [-0.1, -0.05) is 19.9 Å². The molecule has 212 valence electrons.